The van der Waals surface area contributed by atoms with Gasteiger partial charge in [0.15, 0.2) is 6.29 Å². The van der Waals surface area contributed by atoms with Gasteiger partial charge in [-0.25, -0.2) is 0 Å². The first-order valence-electron chi connectivity index (χ1n) is 6.12. The summed E-state index contributed by atoms with van der Waals surface area (Å²) in [5, 5.41) is 22.2. The van der Waals surface area contributed by atoms with Crippen LogP contribution in [0.15, 0.2) is 42.5 Å². The zero-order chi connectivity index (χ0) is 16.1. The van der Waals surface area contributed by atoms with Gasteiger partial charge in [-0.3, -0.25) is 25.0 Å². The number of benzene rings is 2. The van der Waals surface area contributed by atoms with E-state index in [1.807, 2.05) is 0 Å². The Kier molecular flexibility index (Phi) is 4.42. The molecular formula is C14H10N2O6. The zero-order valence-electron chi connectivity index (χ0n) is 11.2. The van der Waals surface area contributed by atoms with E-state index in [1.54, 1.807) is 30.3 Å². The highest BCUT2D eigenvalue weighted by Crippen LogP contribution is 2.38. The minimum absolute atomic E-state index is 0.0132. The van der Waals surface area contributed by atoms with Crippen molar-refractivity contribution < 1.29 is 19.4 Å². The van der Waals surface area contributed by atoms with Crippen LogP contribution >= 0.6 is 0 Å². The summed E-state index contributed by atoms with van der Waals surface area (Å²) < 4.78 is 5.31. The Labute approximate surface area is 124 Å². The summed E-state index contributed by atoms with van der Waals surface area (Å²) in [5.74, 6) is -0.258. The van der Waals surface area contributed by atoms with Crippen LogP contribution in [0.2, 0.25) is 0 Å². The quantitative estimate of drug-likeness (QED) is 0.460. The van der Waals surface area contributed by atoms with Crippen LogP contribution in [0.4, 0.5) is 11.4 Å². The Morgan fingerprint density at radius 3 is 2.14 bits per heavy atom. The van der Waals surface area contributed by atoms with Gasteiger partial charge in [-0.2, -0.15) is 0 Å². The Hall–Kier alpha value is -3.29. The summed E-state index contributed by atoms with van der Waals surface area (Å²) in [6.07, 6.45) is 0.201. The zero-order valence-corrected chi connectivity index (χ0v) is 11.2. The topological polar surface area (TPSA) is 113 Å². The average Bonchev–Trinajstić information content (AvgIpc) is 2.52. The Morgan fingerprint density at radius 2 is 1.59 bits per heavy atom. The van der Waals surface area contributed by atoms with Crippen molar-refractivity contribution in [2.24, 2.45) is 0 Å². The van der Waals surface area contributed by atoms with Crippen molar-refractivity contribution >= 4 is 17.7 Å². The van der Waals surface area contributed by atoms with Crippen LogP contribution in [-0.4, -0.2) is 16.1 Å². The summed E-state index contributed by atoms with van der Waals surface area (Å²) in [6.45, 7) is 0.0132. The van der Waals surface area contributed by atoms with E-state index in [2.05, 4.69) is 0 Å². The van der Waals surface area contributed by atoms with Gasteiger partial charge in [-0.1, -0.05) is 30.3 Å². The number of nitro groups is 2. The normalized spacial score (nSPS) is 10.0. The molecule has 0 heterocycles. The number of hydrogen-bond acceptors (Lipinski definition) is 6. The third-order valence-electron chi connectivity index (χ3n) is 2.87. The van der Waals surface area contributed by atoms with E-state index in [0.29, 0.717) is 0 Å². The number of rotatable bonds is 6. The summed E-state index contributed by atoms with van der Waals surface area (Å²) in [4.78, 5) is 31.1. The molecule has 0 unspecified atom stereocenters. The molecule has 8 heteroatoms. The summed E-state index contributed by atoms with van der Waals surface area (Å²) in [7, 11) is 0. The van der Waals surface area contributed by atoms with Crippen molar-refractivity contribution in [2.75, 3.05) is 0 Å². The van der Waals surface area contributed by atoms with Crippen molar-refractivity contribution in [1.29, 1.82) is 0 Å². The monoisotopic (exact) mass is 302 g/mol. The molecule has 2 aromatic carbocycles. The van der Waals surface area contributed by atoms with E-state index < -0.39 is 21.2 Å². The SMILES string of the molecule is O=Cc1ccc(OCc2ccccc2)c([N+](=O)[O-])c1[N+](=O)[O-]. The molecule has 0 fully saturated rings. The number of nitro benzene ring substituents is 2. The predicted molar refractivity (Wildman–Crippen MR) is 75.9 cm³/mol. The molecule has 0 aliphatic rings. The number of carbonyl (C=O) groups excluding carboxylic acids is 1. The van der Waals surface area contributed by atoms with E-state index >= 15 is 0 Å². The standard InChI is InChI=1S/C14H10N2O6/c17-8-11-6-7-12(14(16(20)21)13(11)15(18)19)22-9-10-4-2-1-3-5-10/h1-8H,9H2. The van der Waals surface area contributed by atoms with Crippen molar-refractivity contribution in [3.8, 4) is 5.75 Å². The highest BCUT2D eigenvalue weighted by atomic mass is 16.6. The fourth-order valence-corrected chi connectivity index (χ4v) is 1.89. The van der Waals surface area contributed by atoms with E-state index in [0.717, 1.165) is 11.6 Å². The van der Waals surface area contributed by atoms with Gasteiger partial charge < -0.3 is 4.74 Å². The summed E-state index contributed by atoms with van der Waals surface area (Å²) in [5.41, 5.74) is -1.32. The molecule has 0 aliphatic carbocycles. The maximum atomic E-state index is 11.1. The molecule has 8 nitrogen and oxygen atoms in total. The minimum atomic E-state index is -0.961. The second-order valence-corrected chi connectivity index (χ2v) is 4.26. The molecule has 0 saturated heterocycles. The van der Waals surface area contributed by atoms with Crippen LogP contribution in [0.5, 0.6) is 5.75 Å². The van der Waals surface area contributed by atoms with Crippen molar-refractivity contribution in [2.45, 2.75) is 6.61 Å². The van der Waals surface area contributed by atoms with Gasteiger partial charge >= 0.3 is 11.4 Å². The van der Waals surface area contributed by atoms with Crippen LogP contribution in [0.3, 0.4) is 0 Å². The number of ether oxygens (including phenoxy) is 1. The lowest BCUT2D eigenvalue weighted by Crippen LogP contribution is -2.04. The molecular weight excluding hydrogens is 292 g/mol. The fraction of sp³-hybridized carbons (Fsp3) is 0.0714. The molecule has 0 saturated carbocycles. The minimum Gasteiger partial charge on any atom is -0.482 e. The largest absolute Gasteiger partial charge is 0.482 e. The molecule has 0 aromatic heterocycles. The first kappa shape index (κ1) is 15.1. The molecule has 0 atom stereocenters. The van der Waals surface area contributed by atoms with Crippen molar-refractivity contribution in [3.05, 3.63) is 73.8 Å². The first-order chi connectivity index (χ1) is 10.5. The van der Waals surface area contributed by atoms with Gasteiger partial charge in [0, 0.05) is 0 Å². The second kappa shape index (κ2) is 6.44. The Bertz CT molecular complexity index is 730. The number of hydrogen-bond donors (Lipinski definition) is 0. The molecule has 0 aliphatic heterocycles. The summed E-state index contributed by atoms with van der Waals surface area (Å²) >= 11 is 0. The lowest BCUT2D eigenvalue weighted by Gasteiger charge is -2.07. The molecule has 112 valence electrons. The Balaban J connectivity index is 2.43. The second-order valence-electron chi connectivity index (χ2n) is 4.26. The number of nitrogens with zero attached hydrogens (tertiary/aromatic N) is 2. The van der Waals surface area contributed by atoms with Gasteiger partial charge in [-0.15, -0.1) is 0 Å². The lowest BCUT2D eigenvalue weighted by atomic mass is 10.1. The molecule has 0 amide bonds. The van der Waals surface area contributed by atoms with Crippen LogP contribution in [0.25, 0.3) is 0 Å². The third kappa shape index (κ3) is 3.06. The molecule has 0 radical (unpaired) electrons. The van der Waals surface area contributed by atoms with E-state index in [-0.39, 0.29) is 24.2 Å². The predicted octanol–water partition coefficient (Wildman–Crippen LogP) is 2.89. The number of aldehydes is 1. The van der Waals surface area contributed by atoms with E-state index in [9.17, 15) is 25.0 Å². The first-order valence-corrected chi connectivity index (χ1v) is 6.12. The van der Waals surface area contributed by atoms with Crippen LogP contribution < -0.4 is 4.74 Å². The maximum absolute atomic E-state index is 11.1. The molecule has 22 heavy (non-hydrogen) atoms. The van der Waals surface area contributed by atoms with E-state index in [1.165, 1.54) is 6.07 Å². The average molecular weight is 302 g/mol. The smallest absolute Gasteiger partial charge is 0.388 e. The molecule has 0 N–H and O–H groups in total. The fourth-order valence-electron chi connectivity index (χ4n) is 1.89. The Morgan fingerprint density at radius 1 is 0.955 bits per heavy atom. The molecule has 2 rings (SSSR count). The molecule has 0 spiro atoms. The lowest BCUT2D eigenvalue weighted by molar-refractivity contribution is -0.423. The van der Waals surface area contributed by atoms with Crippen LogP contribution in [-0.2, 0) is 6.61 Å². The van der Waals surface area contributed by atoms with Gasteiger partial charge in [-0.05, 0) is 17.7 Å². The van der Waals surface area contributed by atoms with Crippen molar-refractivity contribution in [1.82, 2.24) is 0 Å². The highest BCUT2D eigenvalue weighted by Gasteiger charge is 2.33. The highest BCUT2D eigenvalue weighted by molar-refractivity contribution is 5.86. The molecule has 0 bridgehead atoms. The van der Waals surface area contributed by atoms with E-state index in [4.69, 9.17) is 4.74 Å². The summed E-state index contributed by atoms with van der Waals surface area (Å²) in [6, 6.07) is 11.1. The van der Waals surface area contributed by atoms with Crippen LogP contribution in [0.1, 0.15) is 15.9 Å². The molecule has 2 aromatic rings. The van der Waals surface area contributed by atoms with Gasteiger partial charge in [0.1, 0.15) is 6.61 Å². The van der Waals surface area contributed by atoms with Crippen LogP contribution in [0, 0.1) is 20.2 Å². The van der Waals surface area contributed by atoms with Gasteiger partial charge in [0.25, 0.3) is 0 Å². The van der Waals surface area contributed by atoms with Gasteiger partial charge in [0.05, 0.1) is 15.4 Å². The third-order valence-corrected chi connectivity index (χ3v) is 2.87. The van der Waals surface area contributed by atoms with Crippen molar-refractivity contribution in [3.63, 3.8) is 0 Å². The van der Waals surface area contributed by atoms with Gasteiger partial charge in [0.2, 0.25) is 5.75 Å². The number of carbonyl (C=O) groups is 1. The maximum Gasteiger partial charge on any atom is 0.388 e.